The molecule has 0 bridgehead atoms. The van der Waals surface area contributed by atoms with Gasteiger partial charge in [-0.15, -0.1) is 0 Å². The molecular weight excluding hydrogens is 194 g/mol. The molecule has 7 nitrogen and oxygen atoms in total. The lowest BCUT2D eigenvalue weighted by Crippen LogP contribution is -2.45. The largest absolute Gasteiger partial charge is 0.481 e. The molecule has 3 unspecified atom stereocenters. The van der Waals surface area contributed by atoms with Gasteiger partial charge in [0.15, 0.2) is 0 Å². The van der Waals surface area contributed by atoms with E-state index in [0.717, 1.165) is 0 Å². The van der Waals surface area contributed by atoms with Gasteiger partial charge in [-0.1, -0.05) is 0 Å². The maximum atomic E-state index is 10.7. The molecule has 0 spiro atoms. The number of nitrogens with two attached hydrogens (primary N) is 1. The zero-order valence-electron chi connectivity index (χ0n) is 7.01. The highest BCUT2D eigenvalue weighted by Crippen LogP contribution is 2.55. The van der Waals surface area contributed by atoms with Gasteiger partial charge in [-0.05, 0) is 6.42 Å². The van der Waals surface area contributed by atoms with E-state index >= 15 is 0 Å². The van der Waals surface area contributed by atoms with Crippen molar-refractivity contribution >= 4 is 17.9 Å². The highest BCUT2D eigenvalue weighted by atomic mass is 16.4. The molecular formula is C7H9NO6. The van der Waals surface area contributed by atoms with Gasteiger partial charge in [-0.3, -0.25) is 14.4 Å². The molecule has 0 saturated heterocycles. The van der Waals surface area contributed by atoms with E-state index in [1.807, 2.05) is 0 Å². The Balaban J connectivity index is 2.94. The first-order valence-corrected chi connectivity index (χ1v) is 3.78. The monoisotopic (exact) mass is 203 g/mol. The second-order valence-corrected chi connectivity index (χ2v) is 3.26. The Morgan fingerprint density at radius 2 is 1.79 bits per heavy atom. The number of carbonyl (C=O) groups is 3. The van der Waals surface area contributed by atoms with E-state index in [-0.39, 0.29) is 6.42 Å². The Morgan fingerprint density at radius 3 is 2.00 bits per heavy atom. The lowest BCUT2D eigenvalue weighted by Gasteiger charge is -2.15. The van der Waals surface area contributed by atoms with Crippen LogP contribution >= 0.6 is 0 Å². The third-order valence-electron chi connectivity index (χ3n) is 2.52. The summed E-state index contributed by atoms with van der Waals surface area (Å²) in [7, 11) is 0. The molecule has 7 heteroatoms. The van der Waals surface area contributed by atoms with Crippen molar-refractivity contribution in [1.82, 2.24) is 0 Å². The molecule has 1 fully saturated rings. The minimum Gasteiger partial charge on any atom is -0.481 e. The molecule has 1 rings (SSSR count). The Hall–Kier alpha value is -1.63. The Labute approximate surface area is 78.1 Å². The van der Waals surface area contributed by atoms with Crippen LogP contribution in [0.5, 0.6) is 0 Å². The van der Waals surface area contributed by atoms with Crippen molar-refractivity contribution < 1.29 is 29.7 Å². The topological polar surface area (TPSA) is 138 Å². The second-order valence-electron chi connectivity index (χ2n) is 3.26. The predicted molar refractivity (Wildman–Crippen MR) is 41.4 cm³/mol. The van der Waals surface area contributed by atoms with Crippen LogP contribution in [0.4, 0.5) is 0 Å². The fourth-order valence-electron chi connectivity index (χ4n) is 1.52. The van der Waals surface area contributed by atoms with Crippen LogP contribution in [0.2, 0.25) is 0 Å². The Kier molecular flexibility index (Phi) is 2.20. The zero-order chi connectivity index (χ0) is 11.1. The molecule has 1 aliphatic rings. The van der Waals surface area contributed by atoms with E-state index < -0.39 is 35.3 Å². The van der Waals surface area contributed by atoms with Crippen LogP contribution in [0.3, 0.4) is 0 Å². The summed E-state index contributed by atoms with van der Waals surface area (Å²) in [6.07, 6.45) is -0.231. The van der Waals surface area contributed by atoms with Gasteiger partial charge in [0.2, 0.25) is 0 Å². The molecule has 0 aliphatic heterocycles. The first-order chi connectivity index (χ1) is 6.34. The van der Waals surface area contributed by atoms with Crippen LogP contribution in [0.15, 0.2) is 0 Å². The number of carboxylic acid groups (broad SMARTS) is 3. The standard InChI is InChI=1S/C7H9NO6/c8-3(5(11)12)7(6(13)14)1-2(7)4(9)10/h2-3H,1,8H2,(H,9,10)(H,11,12)(H,13,14). The zero-order valence-corrected chi connectivity index (χ0v) is 7.01. The summed E-state index contributed by atoms with van der Waals surface area (Å²) in [4.78, 5) is 31.7. The predicted octanol–water partition coefficient (Wildman–Crippen LogP) is -1.43. The molecule has 78 valence electrons. The van der Waals surface area contributed by atoms with Gasteiger partial charge in [-0.2, -0.15) is 0 Å². The number of carboxylic acids is 3. The van der Waals surface area contributed by atoms with Gasteiger partial charge in [0.05, 0.1) is 5.92 Å². The van der Waals surface area contributed by atoms with Gasteiger partial charge in [0.25, 0.3) is 0 Å². The van der Waals surface area contributed by atoms with E-state index in [2.05, 4.69) is 0 Å². The van der Waals surface area contributed by atoms with Crippen LogP contribution in [-0.4, -0.2) is 39.3 Å². The van der Waals surface area contributed by atoms with Crippen molar-refractivity contribution in [2.45, 2.75) is 12.5 Å². The molecule has 0 aromatic heterocycles. The van der Waals surface area contributed by atoms with Crippen LogP contribution in [0, 0.1) is 11.3 Å². The van der Waals surface area contributed by atoms with Crippen molar-refractivity contribution in [1.29, 1.82) is 0 Å². The van der Waals surface area contributed by atoms with Crippen LogP contribution in [-0.2, 0) is 14.4 Å². The van der Waals surface area contributed by atoms with Crippen molar-refractivity contribution in [3.8, 4) is 0 Å². The fraction of sp³-hybridized carbons (Fsp3) is 0.571. The average molecular weight is 203 g/mol. The van der Waals surface area contributed by atoms with Crippen molar-refractivity contribution in [2.24, 2.45) is 17.1 Å². The highest BCUT2D eigenvalue weighted by molar-refractivity contribution is 5.95. The number of aliphatic carboxylic acids is 3. The number of hydrogen-bond acceptors (Lipinski definition) is 4. The fourth-order valence-corrected chi connectivity index (χ4v) is 1.52. The Morgan fingerprint density at radius 1 is 1.29 bits per heavy atom. The quantitative estimate of drug-likeness (QED) is 0.439. The molecule has 1 saturated carbocycles. The SMILES string of the molecule is NC(C(=O)O)C1(C(=O)O)CC1C(=O)O. The summed E-state index contributed by atoms with van der Waals surface area (Å²) in [6, 6.07) is -1.68. The van der Waals surface area contributed by atoms with Crippen molar-refractivity contribution in [3.05, 3.63) is 0 Å². The molecule has 0 aromatic carbocycles. The lowest BCUT2D eigenvalue weighted by atomic mass is 9.94. The summed E-state index contributed by atoms with van der Waals surface area (Å²) in [5, 5.41) is 25.8. The molecule has 14 heavy (non-hydrogen) atoms. The first-order valence-electron chi connectivity index (χ1n) is 3.78. The third-order valence-corrected chi connectivity index (χ3v) is 2.52. The molecule has 5 N–H and O–H groups in total. The smallest absolute Gasteiger partial charge is 0.321 e. The molecule has 0 aromatic rings. The third kappa shape index (κ3) is 1.22. The second kappa shape index (κ2) is 2.95. The maximum Gasteiger partial charge on any atom is 0.321 e. The first kappa shape index (κ1) is 10.5. The number of rotatable bonds is 4. The van der Waals surface area contributed by atoms with Crippen molar-refractivity contribution in [2.75, 3.05) is 0 Å². The minimum absolute atomic E-state index is 0.231. The van der Waals surface area contributed by atoms with E-state index in [1.165, 1.54) is 0 Å². The van der Waals surface area contributed by atoms with Gasteiger partial charge in [0.1, 0.15) is 11.5 Å². The van der Waals surface area contributed by atoms with Gasteiger partial charge >= 0.3 is 17.9 Å². The Bertz CT molecular complexity index is 313. The molecule has 0 heterocycles. The summed E-state index contributed by atoms with van der Waals surface area (Å²) in [6.45, 7) is 0. The van der Waals surface area contributed by atoms with Gasteiger partial charge < -0.3 is 21.1 Å². The van der Waals surface area contributed by atoms with E-state index in [4.69, 9.17) is 21.1 Å². The van der Waals surface area contributed by atoms with E-state index in [9.17, 15) is 14.4 Å². The lowest BCUT2D eigenvalue weighted by molar-refractivity contribution is -0.155. The molecule has 0 amide bonds. The summed E-state index contributed by atoms with van der Waals surface area (Å²) >= 11 is 0. The maximum absolute atomic E-state index is 10.7. The summed E-state index contributed by atoms with van der Waals surface area (Å²) in [5.41, 5.74) is 3.31. The van der Waals surface area contributed by atoms with E-state index in [1.54, 1.807) is 0 Å². The highest BCUT2D eigenvalue weighted by Gasteiger charge is 2.69. The minimum atomic E-state index is -1.84. The van der Waals surface area contributed by atoms with Crippen LogP contribution in [0.1, 0.15) is 6.42 Å². The molecule has 3 atom stereocenters. The van der Waals surface area contributed by atoms with Crippen LogP contribution < -0.4 is 5.73 Å². The molecule has 1 aliphatic carbocycles. The average Bonchev–Trinajstić information content (AvgIpc) is 2.78. The summed E-state index contributed by atoms with van der Waals surface area (Å²) < 4.78 is 0. The molecule has 0 radical (unpaired) electrons. The van der Waals surface area contributed by atoms with Gasteiger partial charge in [0, 0.05) is 0 Å². The normalized spacial score (nSPS) is 31.9. The van der Waals surface area contributed by atoms with Crippen molar-refractivity contribution in [3.63, 3.8) is 0 Å². The number of hydrogen-bond donors (Lipinski definition) is 4. The summed E-state index contributed by atoms with van der Waals surface area (Å²) in [5.74, 6) is -5.51. The van der Waals surface area contributed by atoms with Gasteiger partial charge in [-0.25, -0.2) is 0 Å². The van der Waals surface area contributed by atoms with Crippen LogP contribution in [0.25, 0.3) is 0 Å². The van der Waals surface area contributed by atoms with E-state index in [0.29, 0.717) is 0 Å².